The Morgan fingerprint density at radius 1 is 1.31 bits per heavy atom. The Hall–Kier alpha value is -2.10. The van der Waals surface area contributed by atoms with E-state index in [-0.39, 0.29) is 31.0 Å². The topological polar surface area (TPSA) is 96.8 Å². The molecule has 2 fully saturated rings. The normalized spacial score (nSPS) is 23.2. The first kappa shape index (κ1) is 18.9. The highest BCUT2D eigenvalue weighted by atomic mass is 32.2. The summed E-state index contributed by atoms with van der Waals surface area (Å²) in [5.74, 6) is -3.43. The lowest BCUT2D eigenvalue weighted by Gasteiger charge is -2.40. The summed E-state index contributed by atoms with van der Waals surface area (Å²) in [6.07, 6.45) is 4.03. The van der Waals surface area contributed by atoms with Crippen LogP contribution in [0.5, 0.6) is 0 Å². The van der Waals surface area contributed by atoms with E-state index >= 15 is 0 Å². The molecule has 1 aliphatic heterocycles. The quantitative estimate of drug-likeness (QED) is 0.745. The summed E-state index contributed by atoms with van der Waals surface area (Å²) in [6, 6.07) is 3.61. The molecule has 0 bridgehead atoms. The average Bonchev–Trinajstić information content (AvgIpc) is 3.42. The van der Waals surface area contributed by atoms with Crippen LogP contribution in [0.2, 0.25) is 0 Å². The minimum Gasteiger partial charge on any atom is -0.481 e. The largest absolute Gasteiger partial charge is 0.481 e. The number of alkyl halides is 1. The van der Waals surface area contributed by atoms with E-state index in [1.807, 2.05) is 6.07 Å². The zero-order valence-corrected chi connectivity index (χ0v) is 16.7. The molecule has 0 spiro atoms. The molecule has 1 saturated carbocycles. The van der Waals surface area contributed by atoms with Crippen molar-refractivity contribution in [3.63, 3.8) is 0 Å². The number of aliphatic carboxylic acids is 1. The van der Waals surface area contributed by atoms with Crippen LogP contribution in [0.1, 0.15) is 35.6 Å². The van der Waals surface area contributed by atoms with Crippen LogP contribution in [0.4, 0.5) is 4.39 Å². The monoisotopic (exact) mass is 420 g/mol. The molecule has 5 rings (SSSR count). The predicted molar refractivity (Wildman–Crippen MR) is 102 cm³/mol. The highest BCUT2D eigenvalue weighted by Crippen LogP contribution is 2.44. The van der Waals surface area contributed by atoms with Gasteiger partial charge in [0.2, 0.25) is 15.8 Å². The Morgan fingerprint density at radius 3 is 2.62 bits per heavy atom. The van der Waals surface area contributed by atoms with Gasteiger partial charge in [-0.05, 0) is 48.9 Å². The number of nitrogens with zero attached hydrogens (tertiary/aromatic N) is 2. The minimum absolute atomic E-state index is 0.0180. The number of benzene rings is 1. The Labute approximate surface area is 167 Å². The third-order valence-corrected chi connectivity index (χ3v) is 8.31. The van der Waals surface area contributed by atoms with Crippen LogP contribution in [-0.2, 0) is 32.4 Å². The van der Waals surface area contributed by atoms with E-state index < -0.39 is 27.7 Å². The van der Waals surface area contributed by atoms with Crippen LogP contribution in [0.3, 0.4) is 0 Å². The summed E-state index contributed by atoms with van der Waals surface area (Å²) in [5.41, 5.74) is 1.98. The van der Waals surface area contributed by atoms with Gasteiger partial charge in [0.25, 0.3) is 0 Å². The van der Waals surface area contributed by atoms with E-state index in [0.29, 0.717) is 27.8 Å². The maximum atomic E-state index is 15.0. The van der Waals surface area contributed by atoms with Crippen LogP contribution in [0.15, 0.2) is 23.2 Å². The summed E-state index contributed by atoms with van der Waals surface area (Å²) >= 11 is 0. The van der Waals surface area contributed by atoms with E-state index in [1.165, 1.54) is 7.05 Å². The Balaban J connectivity index is 1.74. The molecule has 2 heterocycles. The fraction of sp³-hybridized carbons (Fsp3) is 0.500. The standard InChI is InChI=1S/C20H21FN2O5S/c1-23(20(21)9-28-10-20)29(26,27)18-15-6-13(19(24)25)4-12(15)5-14-8-22-17(7-16(14)18)11-2-3-11/h5,7-8,11,13H,2-4,6,9-10H2,1H3,(H,24,25). The lowest BCUT2D eigenvalue weighted by Crippen LogP contribution is -2.59. The number of carboxylic acid groups (broad SMARTS) is 1. The van der Waals surface area contributed by atoms with Crippen molar-refractivity contribution in [3.05, 3.63) is 35.2 Å². The summed E-state index contributed by atoms with van der Waals surface area (Å²) in [6.45, 7) is -0.634. The van der Waals surface area contributed by atoms with Gasteiger partial charge in [0.1, 0.15) is 0 Å². The second kappa shape index (κ2) is 6.20. The van der Waals surface area contributed by atoms with Gasteiger partial charge in [0.05, 0.1) is 24.0 Å². The first-order valence-electron chi connectivity index (χ1n) is 9.63. The highest BCUT2D eigenvalue weighted by Gasteiger charge is 2.50. The Morgan fingerprint density at radius 2 is 2.03 bits per heavy atom. The number of hydrogen-bond acceptors (Lipinski definition) is 5. The molecule has 2 aliphatic carbocycles. The number of ether oxygens (including phenoxy) is 1. The summed E-state index contributed by atoms with van der Waals surface area (Å²) in [4.78, 5) is 16.1. The molecule has 1 N–H and O–H groups in total. The summed E-state index contributed by atoms with van der Waals surface area (Å²) in [5, 5.41) is 10.6. The van der Waals surface area contributed by atoms with Gasteiger partial charge in [-0.1, -0.05) is 0 Å². The number of carbonyl (C=O) groups is 1. The van der Waals surface area contributed by atoms with E-state index in [1.54, 1.807) is 12.3 Å². The average molecular weight is 420 g/mol. The molecule has 9 heteroatoms. The Kier molecular flexibility index (Phi) is 4.04. The number of hydrogen-bond donors (Lipinski definition) is 1. The maximum absolute atomic E-state index is 15.0. The van der Waals surface area contributed by atoms with Gasteiger partial charge in [-0.3, -0.25) is 9.78 Å². The number of pyridine rings is 1. The van der Waals surface area contributed by atoms with Crippen LogP contribution in [0, 0.1) is 5.92 Å². The lowest BCUT2D eigenvalue weighted by molar-refractivity contribution is -0.180. The molecule has 7 nitrogen and oxygen atoms in total. The van der Waals surface area contributed by atoms with Crippen molar-refractivity contribution in [2.75, 3.05) is 20.3 Å². The molecule has 154 valence electrons. The fourth-order valence-electron chi connectivity index (χ4n) is 4.24. The summed E-state index contributed by atoms with van der Waals surface area (Å²) in [7, 11) is -3.00. The van der Waals surface area contributed by atoms with Gasteiger partial charge in [-0.15, -0.1) is 0 Å². The molecule has 0 radical (unpaired) electrons. The van der Waals surface area contributed by atoms with Crippen LogP contribution in [0.25, 0.3) is 10.8 Å². The van der Waals surface area contributed by atoms with Gasteiger partial charge >= 0.3 is 5.97 Å². The van der Waals surface area contributed by atoms with Gasteiger partial charge in [0.15, 0.2) is 0 Å². The predicted octanol–water partition coefficient (Wildman–Crippen LogP) is 2.23. The van der Waals surface area contributed by atoms with Crippen molar-refractivity contribution in [1.29, 1.82) is 0 Å². The smallest absolute Gasteiger partial charge is 0.307 e. The van der Waals surface area contributed by atoms with E-state index in [2.05, 4.69) is 4.98 Å². The number of halogens is 1. The van der Waals surface area contributed by atoms with Crippen LogP contribution in [-0.4, -0.2) is 54.8 Å². The number of aromatic nitrogens is 1. The van der Waals surface area contributed by atoms with Crippen molar-refractivity contribution in [3.8, 4) is 0 Å². The maximum Gasteiger partial charge on any atom is 0.307 e. The number of sulfonamides is 1. The van der Waals surface area contributed by atoms with E-state index in [0.717, 1.165) is 22.8 Å². The SMILES string of the molecule is CN(C1(F)COC1)S(=O)(=O)c1c2c(cc3cnc(C4CC4)cc13)CC(C(=O)O)C2. The molecule has 1 atom stereocenters. The van der Waals surface area contributed by atoms with Gasteiger partial charge in [-0.25, -0.2) is 12.8 Å². The van der Waals surface area contributed by atoms with Crippen molar-refractivity contribution >= 4 is 26.8 Å². The second-order valence-corrected chi connectivity index (χ2v) is 10.2. The van der Waals surface area contributed by atoms with Crippen molar-refractivity contribution in [2.45, 2.75) is 42.3 Å². The van der Waals surface area contributed by atoms with Gasteiger partial charge < -0.3 is 9.84 Å². The minimum atomic E-state index is -4.22. The molecular formula is C20H21FN2O5S. The molecule has 1 aromatic heterocycles. The zero-order valence-electron chi connectivity index (χ0n) is 15.9. The molecule has 1 aromatic carbocycles. The summed E-state index contributed by atoms with van der Waals surface area (Å²) < 4.78 is 47.8. The molecular weight excluding hydrogens is 399 g/mol. The van der Waals surface area contributed by atoms with Gasteiger partial charge in [0, 0.05) is 35.6 Å². The van der Waals surface area contributed by atoms with E-state index in [9.17, 15) is 22.7 Å². The van der Waals surface area contributed by atoms with Crippen LogP contribution < -0.4 is 0 Å². The number of rotatable bonds is 5. The number of likely N-dealkylation sites (N-methyl/N-ethyl adjacent to an activating group) is 1. The lowest BCUT2D eigenvalue weighted by atomic mass is 10.0. The zero-order chi connectivity index (χ0) is 20.6. The van der Waals surface area contributed by atoms with E-state index in [4.69, 9.17) is 4.74 Å². The molecule has 1 unspecified atom stereocenters. The molecule has 3 aliphatic rings. The third-order valence-electron chi connectivity index (χ3n) is 6.28. The van der Waals surface area contributed by atoms with Gasteiger partial charge in [-0.2, -0.15) is 4.31 Å². The first-order chi connectivity index (χ1) is 13.7. The van der Waals surface area contributed by atoms with Crippen LogP contribution >= 0.6 is 0 Å². The molecule has 1 saturated heterocycles. The molecule has 2 aromatic rings. The van der Waals surface area contributed by atoms with Crippen molar-refractivity contribution < 1.29 is 27.4 Å². The molecule has 29 heavy (non-hydrogen) atoms. The number of carboxylic acids is 1. The third kappa shape index (κ3) is 2.86. The Bertz CT molecular complexity index is 1140. The first-order valence-corrected chi connectivity index (χ1v) is 11.1. The van der Waals surface area contributed by atoms with Crippen molar-refractivity contribution in [2.24, 2.45) is 5.92 Å². The fourth-order valence-corrected chi connectivity index (χ4v) is 6.03. The number of fused-ring (bicyclic) bond motifs is 2. The second-order valence-electron chi connectivity index (χ2n) is 8.27. The molecule has 0 amide bonds. The highest BCUT2D eigenvalue weighted by molar-refractivity contribution is 7.89. The van der Waals surface area contributed by atoms with Crippen molar-refractivity contribution in [1.82, 2.24) is 9.29 Å².